The summed E-state index contributed by atoms with van der Waals surface area (Å²) in [6.07, 6.45) is 3.94. The Labute approximate surface area is 161 Å². The zero-order valence-corrected chi connectivity index (χ0v) is 16.3. The first-order valence-corrected chi connectivity index (χ1v) is 10.2. The molecule has 2 amide bonds. The normalized spacial score (nSPS) is 20.5. The van der Waals surface area contributed by atoms with Crippen LogP contribution in [0, 0.1) is 5.92 Å². The summed E-state index contributed by atoms with van der Waals surface area (Å²) in [7, 11) is 0. The maximum absolute atomic E-state index is 12.5. The molecule has 0 spiro atoms. The number of likely N-dealkylation sites (tertiary alicyclic amines) is 2. The average Bonchev–Trinajstić information content (AvgIpc) is 3.20. The third-order valence-corrected chi connectivity index (χ3v) is 5.41. The van der Waals surface area contributed by atoms with E-state index in [1.54, 1.807) is 11.8 Å². The zero-order valence-electron chi connectivity index (χ0n) is 16.3. The van der Waals surface area contributed by atoms with Crippen LogP contribution in [0.2, 0.25) is 0 Å². The van der Waals surface area contributed by atoms with Gasteiger partial charge < -0.3 is 15.0 Å². The van der Waals surface area contributed by atoms with E-state index in [9.17, 15) is 9.59 Å². The van der Waals surface area contributed by atoms with Gasteiger partial charge in [-0.05, 0) is 56.8 Å². The van der Waals surface area contributed by atoms with Crippen LogP contribution in [0.25, 0.3) is 0 Å². The average molecular weight is 373 g/mol. The van der Waals surface area contributed by atoms with Crippen molar-refractivity contribution in [1.82, 2.24) is 15.1 Å². The third-order valence-electron chi connectivity index (χ3n) is 5.41. The van der Waals surface area contributed by atoms with E-state index in [4.69, 9.17) is 4.74 Å². The lowest BCUT2D eigenvalue weighted by Gasteiger charge is -2.31. The molecule has 148 valence electrons. The van der Waals surface area contributed by atoms with Crippen molar-refractivity contribution in [2.75, 3.05) is 32.8 Å². The van der Waals surface area contributed by atoms with Gasteiger partial charge in [0.2, 0.25) is 5.91 Å². The number of ether oxygens (including phenoxy) is 1. The van der Waals surface area contributed by atoms with Gasteiger partial charge in [0, 0.05) is 26.2 Å². The molecule has 0 saturated carbocycles. The minimum absolute atomic E-state index is 0.0186. The monoisotopic (exact) mass is 373 g/mol. The van der Waals surface area contributed by atoms with Gasteiger partial charge in [-0.1, -0.05) is 24.3 Å². The van der Waals surface area contributed by atoms with Crippen molar-refractivity contribution < 1.29 is 14.3 Å². The first kappa shape index (κ1) is 19.7. The first-order valence-electron chi connectivity index (χ1n) is 10.2. The fourth-order valence-electron chi connectivity index (χ4n) is 3.87. The van der Waals surface area contributed by atoms with Gasteiger partial charge in [-0.2, -0.15) is 0 Å². The molecule has 1 atom stereocenters. The molecule has 1 unspecified atom stereocenters. The number of piperidine rings is 1. The second-order valence-corrected chi connectivity index (χ2v) is 7.50. The molecule has 1 aromatic rings. The van der Waals surface area contributed by atoms with Crippen LogP contribution in [0.4, 0.5) is 4.79 Å². The predicted molar refractivity (Wildman–Crippen MR) is 104 cm³/mol. The summed E-state index contributed by atoms with van der Waals surface area (Å²) >= 11 is 0. The Kier molecular flexibility index (Phi) is 7.10. The maximum atomic E-state index is 12.5. The number of nitrogens with one attached hydrogen (secondary N) is 1. The molecule has 2 aliphatic heterocycles. The summed E-state index contributed by atoms with van der Waals surface area (Å²) in [6, 6.07) is 8.50. The summed E-state index contributed by atoms with van der Waals surface area (Å²) in [5.41, 5.74) is 2.43. The lowest BCUT2D eigenvalue weighted by atomic mass is 9.97. The van der Waals surface area contributed by atoms with E-state index >= 15 is 0 Å². The highest BCUT2D eigenvalue weighted by Gasteiger charge is 2.28. The second-order valence-electron chi connectivity index (χ2n) is 7.50. The molecule has 0 radical (unpaired) electrons. The van der Waals surface area contributed by atoms with Gasteiger partial charge >= 0.3 is 6.09 Å². The van der Waals surface area contributed by atoms with E-state index in [0.717, 1.165) is 24.9 Å². The molecule has 2 fully saturated rings. The van der Waals surface area contributed by atoms with E-state index in [1.165, 1.54) is 31.5 Å². The lowest BCUT2D eigenvalue weighted by Crippen LogP contribution is -2.45. The molecule has 0 aromatic heterocycles. The first-order chi connectivity index (χ1) is 13.2. The zero-order chi connectivity index (χ0) is 19.1. The number of rotatable bonds is 6. The highest BCUT2D eigenvalue weighted by Crippen LogP contribution is 2.18. The third kappa shape index (κ3) is 5.70. The van der Waals surface area contributed by atoms with Crippen LogP contribution in [0.5, 0.6) is 0 Å². The quantitative estimate of drug-likeness (QED) is 0.833. The Morgan fingerprint density at radius 1 is 1.07 bits per heavy atom. The van der Waals surface area contributed by atoms with E-state index in [-0.39, 0.29) is 17.9 Å². The Morgan fingerprint density at radius 3 is 2.48 bits per heavy atom. The van der Waals surface area contributed by atoms with E-state index in [1.807, 2.05) is 0 Å². The van der Waals surface area contributed by atoms with E-state index in [0.29, 0.717) is 26.2 Å². The van der Waals surface area contributed by atoms with Crippen LogP contribution in [0.15, 0.2) is 24.3 Å². The minimum Gasteiger partial charge on any atom is -0.450 e. The molecule has 0 bridgehead atoms. The van der Waals surface area contributed by atoms with Crippen molar-refractivity contribution in [1.29, 1.82) is 0 Å². The maximum Gasteiger partial charge on any atom is 0.409 e. The summed E-state index contributed by atoms with van der Waals surface area (Å²) < 4.78 is 5.05. The highest BCUT2D eigenvalue weighted by atomic mass is 16.6. The molecule has 6 nitrogen and oxygen atoms in total. The van der Waals surface area contributed by atoms with Gasteiger partial charge in [0.05, 0.1) is 12.5 Å². The lowest BCUT2D eigenvalue weighted by molar-refractivity contribution is -0.126. The minimum atomic E-state index is -0.316. The highest BCUT2D eigenvalue weighted by molar-refractivity contribution is 5.80. The van der Waals surface area contributed by atoms with Gasteiger partial charge in [-0.15, -0.1) is 0 Å². The molecule has 27 heavy (non-hydrogen) atoms. The van der Waals surface area contributed by atoms with Crippen molar-refractivity contribution in [2.45, 2.75) is 45.7 Å². The van der Waals surface area contributed by atoms with Crippen molar-refractivity contribution in [3.8, 4) is 0 Å². The predicted octanol–water partition coefficient (Wildman–Crippen LogP) is 2.77. The van der Waals surface area contributed by atoms with E-state index in [2.05, 4.69) is 34.5 Å². The molecule has 1 aromatic carbocycles. The van der Waals surface area contributed by atoms with Crippen LogP contribution < -0.4 is 5.32 Å². The van der Waals surface area contributed by atoms with E-state index < -0.39 is 0 Å². The fourth-order valence-corrected chi connectivity index (χ4v) is 3.87. The van der Waals surface area contributed by atoms with Crippen LogP contribution in [-0.4, -0.2) is 54.6 Å². The van der Waals surface area contributed by atoms with Gasteiger partial charge in [0.25, 0.3) is 0 Å². The molecule has 2 heterocycles. The number of carbonyl (C=O) groups is 2. The van der Waals surface area contributed by atoms with Crippen molar-refractivity contribution in [2.24, 2.45) is 5.92 Å². The summed E-state index contributed by atoms with van der Waals surface area (Å²) in [6.45, 7) is 7.20. The standard InChI is InChI=1S/C21H31N3O3/c1-2-27-21(26)24-13-5-6-19(16-24)20(25)22-14-17-7-9-18(10-8-17)15-23-11-3-4-12-23/h7-10,19H,2-6,11-16H2,1H3,(H,22,25). The molecule has 3 rings (SSSR count). The molecular weight excluding hydrogens is 342 g/mol. The molecular formula is C21H31N3O3. The van der Waals surface area contributed by atoms with Gasteiger partial charge in [0.15, 0.2) is 0 Å². The van der Waals surface area contributed by atoms with Gasteiger partial charge in [-0.3, -0.25) is 9.69 Å². The largest absolute Gasteiger partial charge is 0.450 e. The Balaban J connectivity index is 1.44. The Bertz CT molecular complexity index is 626. The number of amides is 2. The van der Waals surface area contributed by atoms with Crippen LogP contribution in [0.3, 0.4) is 0 Å². The molecule has 1 N–H and O–H groups in total. The smallest absolute Gasteiger partial charge is 0.409 e. The number of benzene rings is 1. The number of hydrogen-bond acceptors (Lipinski definition) is 4. The van der Waals surface area contributed by atoms with Gasteiger partial charge in [0.1, 0.15) is 0 Å². The van der Waals surface area contributed by atoms with Crippen molar-refractivity contribution in [3.63, 3.8) is 0 Å². The summed E-state index contributed by atoms with van der Waals surface area (Å²) in [5.74, 6) is -0.136. The Morgan fingerprint density at radius 2 is 1.78 bits per heavy atom. The fraction of sp³-hybridized carbons (Fsp3) is 0.619. The van der Waals surface area contributed by atoms with Crippen molar-refractivity contribution in [3.05, 3.63) is 35.4 Å². The SMILES string of the molecule is CCOC(=O)N1CCCC(C(=O)NCc2ccc(CN3CCCC3)cc2)C1. The Hall–Kier alpha value is -2.08. The number of carbonyl (C=O) groups excluding carboxylic acids is 2. The van der Waals surface area contributed by atoms with Crippen LogP contribution in [-0.2, 0) is 22.6 Å². The molecule has 2 aliphatic rings. The van der Waals surface area contributed by atoms with Crippen LogP contribution >= 0.6 is 0 Å². The second kappa shape index (κ2) is 9.74. The van der Waals surface area contributed by atoms with Crippen molar-refractivity contribution >= 4 is 12.0 Å². The molecule has 0 aliphatic carbocycles. The molecule has 2 saturated heterocycles. The summed E-state index contributed by atoms with van der Waals surface area (Å²) in [4.78, 5) is 28.5. The summed E-state index contributed by atoms with van der Waals surface area (Å²) in [5, 5.41) is 3.02. The number of nitrogens with zero attached hydrogens (tertiary/aromatic N) is 2. The topological polar surface area (TPSA) is 61.9 Å². The van der Waals surface area contributed by atoms with Crippen LogP contribution in [0.1, 0.15) is 43.7 Å². The number of hydrogen-bond donors (Lipinski definition) is 1. The van der Waals surface area contributed by atoms with Gasteiger partial charge in [-0.25, -0.2) is 4.79 Å². The molecule has 6 heteroatoms.